The molecule has 1 spiro atoms. The molecule has 1 unspecified atom stereocenters. The van der Waals surface area contributed by atoms with Gasteiger partial charge in [-0.15, -0.1) is 0 Å². The van der Waals surface area contributed by atoms with Crippen molar-refractivity contribution < 1.29 is 24.5 Å². The molecule has 4 N–H and O–H groups in total. The molecule has 0 amide bonds. The average Bonchev–Trinajstić information content (AvgIpc) is 3.45. The number of benzene rings is 4. The zero-order chi connectivity index (χ0) is 35.5. The lowest BCUT2D eigenvalue weighted by atomic mass is 9.74. The first-order chi connectivity index (χ1) is 25.3. The maximum Gasteiger partial charge on any atom is 0.340 e. The fourth-order valence-electron chi connectivity index (χ4n) is 8.72. The van der Waals surface area contributed by atoms with Crippen LogP contribution in [-0.4, -0.2) is 55.2 Å². The largest absolute Gasteiger partial charge is 0.508 e. The third-order valence-electron chi connectivity index (χ3n) is 11.1. The summed E-state index contributed by atoms with van der Waals surface area (Å²) in [5.41, 5.74) is 2.26. The van der Waals surface area contributed by atoms with Crippen molar-refractivity contribution in [2.75, 3.05) is 23.7 Å². The number of nitrogens with zero attached hydrogens (tertiary/aromatic N) is 4. The molecule has 1 atom stereocenters. The lowest BCUT2D eigenvalue weighted by Crippen LogP contribution is -2.52. The van der Waals surface area contributed by atoms with Crippen molar-refractivity contribution in [3.05, 3.63) is 118 Å². The van der Waals surface area contributed by atoms with E-state index in [1.807, 2.05) is 12.1 Å². The van der Waals surface area contributed by atoms with Gasteiger partial charge in [-0.1, -0.05) is 67.8 Å². The van der Waals surface area contributed by atoms with E-state index < -0.39 is 11.6 Å². The third kappa shape index (κ3) is 5.29. The topological polar surface area (TPSA) is 142 Å². The molecule has 11 nitrogen and oxygen atoms in total. The number of rotatable bonds is 6. The maximum atomic E-state index is 13.3. The van der Waals surface area contributed by atoms with Crippen molar-refractivity contribution in [3.8, 4) is 23.0 Å². The van der Waals surface area contributed by atoms with Gasteiger partial charge < -0.3 is 30.3 Å². The average molecular weight is 717 g/mol. The van der Waals surface area contributed by atoms with Crippen LogP contribution in [0.1, 0.15) is 77.6 Å². The molecule has 1 saturated heterocycles. The molecule has 9 rings (SSSR count). The van der Waals surface area contributed by atoms with Gasteiger partial charge in [0.05, 0.1) is 11.1 Å². The minimum Gasteiger partial charge on any atom is -0.508 e. The first kappa shape index (κ1) is 32.5. The van der Waals surface area contributed by atoms with Crippen molar-refractivity contribution in [2.45, 2.75) is 62.1 Å². The number of halogens is 1. The minimum absolute atomic E-state index is 0.0294. The summed E-state index contributed by atoms with van der Waals surface area (Å²) >= 11 is 6.45. The van der Waals surface area contributed by atoms with Crippen LogP contribution >= 0.6 is 11.6 Å². The van der Waals surface area contributed by atoms with Crippen LogP contribution in [0.3, 0.4) is 0 Å². The van der Waals surface area contributed by atoms with Crippen LogP contribution in [0.5, 0.6) is 23.0 Å². The van der Waals surface area contributed by atoms with Crippen molar-refractivity contribution in [1.82, 2.24) is 19.9 Å². The number of aromatic nitrogens is 3. The number of hydrogen-bond donors (Lipinski definition) is 4. The summed E-state index contributed by atoms with van der Waals surface area (Å²) in [4.78, 5) is 29.3. The van der Waals surface area contributed by atoms with E-state index in [9.17, 15) is 15.0 Å². The van der Waals surface area contributed by atoms with Crippen LogP contribution in [-0.2, 0) is 15.9 Å². The Labute approximate surface area is 305 Å². The lowest BCUT2D eigenvalue weighted by molar-refractivity contribution is 0.0224. The summed E-state index contributed by atoms with van der Waals surface area (Å²) in [6, 6.07) is 26.0. The van der Waals surface area contributed by atoms with E-state index in [0.717, 1.165) is 25.9 Å². The number of esters is 1. The van der Waals surface area contributed by atoms with E-state index in [0.29, 0.717) is 28.2 Å². The number of anilines is 3. The van der Waals surface area contributed by atoms with Gasteiger partial charge in [-0.05, 0) is 73.2 Å². The molecular formula is C40H37ClN6O5. The summed E-state index contributed by atoms with van der Waals surface area (Å²) in [7, 11) is 0. The molecule has 0 radical (unpaired) electrons. The minimum atomic E-state index is -1.40. The number of hydrogen-bond acceptors (Lipinski definition) is 11. The van der Waals surface area contributed by atoms with Gasteiger partial charge in [0.15, 0.2) is 11.4 Å². The second kappa shape index (κ2) is 12.7. The maximum absolute atomic E-state index is 13.3. The Hall–Kier alpha value is -5.39. The van der Waals surface area contributed by atoms with E-state index in [2.05, 4.69) is 60.8 Å². The summed E-state index contributed by atoms with van der Waals surface area (Å²) < 4.78 is 12.6. The zero-order valence-corrected chi connectivity index (χ0v) is 29.1. The monoisotopic (exact) mass is 716 g/mol. The van der Waals surface area contributed by atoms with Crippen molar-refractivity contribution in [1.29, 1.82) is 0 Å². The molecule has 264 valence electrons. The van der Waals surface area contributed by atoms with E-state index >= 15 is 0 Å². The number of carbonyl (C=O) groups is 1. The van der Waals surface area contributed by atoms with Crippen LogP contribution in [0.15, 0.2) is 84.9 Å². The summed E-state index contributed by atoms with van der Waals surface area (Å²) in [6.07, 6.45) is 7.95. The van der Waals surface area contributed by atoms with Gasteiger partial charge in [-0.2, -0.15) is 15.0 Å². The summed E-state index contributed by atoms with van der Waals surface area (Å²) in [5, 5.41) is 28.2. The number of likely N-dealkylation sites (tertiary alicyclic amines) is 1. The Balaban J connectivity index is 0.999. The van der Waals surface area contributed by atoms with E-state index in [1.54, 1.807) is 24.3 Å². The number of aromatic hydroxyl groups is 2. The molecule has 5 aromatic rings. The van der Waals surface area contributed by atoms with Gasteiger partial charge in [-0.25, -0.2) is 4.79 Å². The smallest absolute Gasteiger partial charge is 0.340 e. The van der Waals surface area contributed by atoms with Crippen LogP contribution in [0, 0.1) is 0 Å². The zero-order valence-electron chi connectivity index (χ0n) is 28.3. The van der Waals surface area contributed by atoms with Gasteiger partial charge in [-0.3, -0.25) is 4.90 Å². The highest BCUT2D eigenvalue weighted by Crippen LogP contribution is 2.59. The number of phenols is 2. The molecule has 2 fully saturated rings. The first-order valence-corrected chi connectivity index (χ1v) is 18.2. The van der Waals surface area contributed by atoms with Crippen molar-refractivity contribution in [3.63, 3.8) is 0 Å². The van der Waals surface area contributed by atoms with Crippen LogP contribution in [0.2, 0.25) is 5.28 Å². The Bertz CT molecular complexity index is 2190. The first-order valence-electron chi connectivity index (χ1n) is 17.8. The number of fused-ring (bicyclic) bond motifs is 6. The third-order valence-corrected chi connectivity index (χ3v) is 11.3. The lowest BCUT2D eigenvalue weighted by Gasteiger charge is -2.49. The number of nitrogens with one attached hydrogen (secondary N) is 2. The number of phenolic OH excluding ortho intramolecular Hbond substituents is 2. The van der Waals surface area contributed by atoms with Crippen LogP contribution in [0.25, 0.3) is 0 Å². The number of piperidine rings is 1. The molecule has 1 aliphatic carbocycles. The predicted octanol–water partition coefficient (Wildman–Crippen LogP) is 7.98. The standard InChI is InChI=1S/C40H37ClN6O5/c41-36-44-37(42-25-17-21-47(22-18-25)39(19-7-2-8-20-39)24-9-3-1-4-10-24)46-38(45-36)43-33-31(49)16-15-30-34(33)51-32-23-26(48)13-14-29(32)40(30)28-12-6-5-11-27(28)35(50)52-40/h1,3-6,9-16,23,25,48-49H,2,7-8,17-22H2,(H2,42,43,44,45,46). The van der Waals surface area contributed by atoms with Gasteiger partial charge in [0, 0.05) is 41.9 Å². The van der Waals surface area contributed by atoms with E-state index in [-0.39, 0.29) is 51.5 Å². The highest BCUT2D eigenvalue weighted by molar-refractivity contribution is 6.28. The quantitative estimate of drug-likeness (QED) is 0.100. The summed E-state index contributed by atoms with van der Waals surface area (Å²) in [6.45, 7) is 1.90. The molecule has 12 heteroatoms. The SMILES string of the molecule is O=C1OC2(c3ccc(O)cc3Oc3c2ccc(O)c3Nc2nc(Cl)nc(NC3CCN(C4(c5ccccc5)CCCCC4)CC3)n2)c2ccccc21. The van der Waals surface area contributed by atoms with Crippen molar-refractivity contribution in [2.24, 2.45) is 0 Å². The van der Waals surface area contributed by atoms with Gasteiger partial charge in [0.2, 0.25) is 17.2 Å². The van der Waals surface area contributed by atoms with Crippen LogP contribution in [0.4, 0.5) is 17.6 Å². The number of carbonyl (C=O) groups excluding carboxylic acids is 1. The highest BCUT2D eigenvalue weighted by atomic mass is 35.5. The molecule has 3 aliphatic heterocycles. The molecule has 1 saturated carbocycles. The predicted molar refractivity (Wildman–Crippen MR) is 196 cm³/mol. The van der Waals surface area contributed by atoms with Gasteiger partial charge >= 0.3 is 5.97 Å². The Morgan fingerprint density at radius 2 is 1.54 bits per heavy atom. The number of ether oxygens (including phenoxy) is 2. The Morgan fingerprint density at radius 1 is 0.808 bits per heavy atom. The molecular weight excluding hydrogens is 680 g/mol. The van der Waals surface area contributed by atoms with Crippen LogP contribution < -0.4 is 15.4 Å². The highest BCUT2D eigenvalue weighted by Gasteiger charge is 2.54. The molecule has 4 aromatic carbocycles. The molecule has 1 aromatic heterocycles. The fraction of sp³-hybridized carbons (Fsp3) is 0.300. The normalized spacial score (nSPS) is 20.7. The molecule has 4 heterocycles. The second-order valence-corrected chi connectivity index (χ2v) is 14.3. The molecule has 52 heavy (non-hydrogen) atoms. The second-order valence-electron chi connectivity index (χ2n) is 14.0. The fourth-order valence-corrected chi connectivity index (χ4v) is 8.88. The van der Waals surface area contributed by atoms with Gasteiger partial charge in [0.25, 0.3) is 0 Å². The Morgan fingerprint density at radius 3 is 2.35 bits per heavy atom. The molecule has 0 bridgehead atoms. The Kier molecular flexibility index (Phi) is 7.93. The van der Waals surface area contributed by atoms with E-state index in [1.165, 1.54) is 55.9 Å². The van der Waals surface area contributed by atoms with Crippen molar-refractivity contribution >= 4 is 35.2 Å². The summed E-state index contributed by atoms with van der Waals surface area (Å²) in [5.74, 6) is 0.133. The molecule has 4 aliphatic rings. The van der Waals surface area contributed by atoms with E-state index in [4.69, 9.17) is 21.1 Å². The van der Waals surface area contributed by atoms with Gasteiger partial charge in [0.1, 0.15) is 22.9 Å².